The molecule has 2 nitrogen and oxygen atoms in total. The number of hydrogen-bond donors (Lipinski definition) is 1. The minimum Gasteiger partial charge on any atom is -0.481 e. The van der Waals surface area contributed by atoms with Gasteiger partial charge in [-0.2, -0.15) is 13.2 Å². The monoisotopic (exact) mass is 243 g/mol. The molecule has 0 atom stereocenters. The first-order valence-electron chi connectivity index (χ1n) is 4.94. The summed E-state index contributed by atoms with van der Waals surface area (Å²) >= 11 is 0. The zero-order valence-corrected chi connectivity index (χ0v) is 9.05. The van der Waals surface area contributed by atoms with Crippen molar-refractivity contribution < 1.29 is 17.9 Å². The number of benzene rings is 1. The molecular weight excluding hydrogens is 231 g/mol. The van der Waals surface area contributed by atoms with Crippen LogP contribution in [0.15, 0.2) is 24.3 Å². The van der Waals surface area contributed by atoms with E-state index in [1.807, 2.05) is 0 Å². The van der Waals surface area contributed by atoms with Crippen molar-refractivity contribution in [2.45, 2.75) is 12.7 Å². The number of alkyl halides is 3. The van der Waals surface area contributed by atoms with Crippen LogP contribution in [0.5, 0.6) is 5.75 Å². The Morgan fingerprint density at radius 2 is 2.00 bits per heavy atom. The van der Waals surface area contributed by atoms with Gasteiger partial charge in [0, 0.05) is 12.1 Å². The van der Waals surface area contributed by atoms with Gasteiger partial charge in [0.25, 0.3) is 0 Å². The van der Waals surface area contributed by atoms with Crippen molar-refractivity contribution in [3.05, 3.63) is 29.8 Å². The van der Waals surface area contributed by atoms with Crippen LogP contribution >= 0.6 is 0 Å². The number of rotatable bonds is 5. The SMILES string of the molecule is C#CCOc1ccccc1CNCC(F)(F)F. The van der Waals surface area contributed by atoms with Gasteiger partial charge in [-0.1, -0.05) is 24.1 Å². The zero-order valence-electron chi connectivity index (χ0n) is 9.05. The number of hydrogen-bond acceptors (Lipinski definition) is 2. The van der Waals surface area contributed by atoms with Gasteiger partial charge >= 0.3 is 6.18 Å². The summed E-state index contributed by atoms with van der Waals surface area (Å²) in [6.45, 7) is -0.854. The van der Waals surface area contributed by atoms with Crippen molar-refractivity contribution in [2.75, 3.05) is 13.2 Å². The van der Waals surface area contributed by atoms with Gasteiger partial charge in [-0.15, -0.1) is 6.42 Å². The summed E-state index contributed by atoms with van der Waals surface area (Å²) in [7, 11) is 0. The predicted octanol–water partition coefficient (Wildman–Crippen LogP) is 2.35. The molecule has 1 aromatic carbocycles. The molecule has 0 aliphatic heterocycles. The summed E-state index contributed by atoms with van der Waals surface area (Å²) in [6, 6.07) is 6.82. The molecule has 0 unspecified atom stereocenters. The van der Waals surface area contributed by atoms with Crippen molar-refractivity contribution in [2.24, 2.45) is 0 Å². The summed E-state index contributed by atoms with van der Waals surface area (Å²) in [5.41, 5.74) is 0.645. The Bertz CT molecular complexity index is 395. The van der Waals surface area contributed by atoms with Crippen LogP contribution in [0, 0.1) is 12.3 Å². The normalized spacial score (nSPS) is 10.9. The Morgan fingerprint density at radius 1 is 1.29 bits per heavy atom. The lowest BCUT2D eigenvalue weighted by molar-refractivity contribution is -0.125. The van der Waals surface area contributed by atoms with E-state index in [1.54, 1.807) is 24.3 Å². The highest BCUT2D eigenvalue weighted by Crippen LogP contribution is 2.18. The highest BCUT2D eigenvalue weighted by molar-refractivity contribution is 5.33. The molecule has 0 aliphatic carbocycles. The zero-order chi connectivity index (χ0) is 12.7. The van der Waals surface area contributed by atoms with Crippen LogP contribution in [-0.2, 0) is 6.54 Å². The lowest BCUT2D eigenvalue weighted by Gasteiger charge is -2.11. The molecule has 1 aromatic rings. The molecule has 0 saturated heterocycles. The summed E-state index contributed by atoms with van der Waals surface area (Å²) in [5.74, 6) is 2.80. The summed E-state index contributed by atoms with van der Waals surface area (Å²) in [4.78, 5) is 0. The summed E-state index contributed by atoms with van der Waals surface area (Å²) in [6.07, 6.45) is 0.831. The molecule has 0 spiro atoms. The first-order valence-corrected chi connectivity index (χ1v) is 4.94. The topological polar surface area (TPSA) is 21.3 Å². The molecule has 0 amide bonds. The maximum Gasteiger partial charge on any atom is 0.401 e. The lowest BCUT2D eigenvalue weighted by Crippen LogP contribution is -2.28. The first kappa shape index (κ1) is 13.4. The maximum atomic E-state index is 11.9. The highest BCUT2D eigenvalue weighted by atomic mass is 19.4. The van der Waals surface area contributed by atoms with Gasteiger partial charge in [-0.05, 0) is 6.07 Å². The van der Waals surface area contributed by atoms with E-state index in [2.05, 4.69) is 11.2 Å². The fourth-order valence-electron chi connectivity index (χ4n) is 1.25. The molecule has 0 aromatic heterocycles. The van der Waals surface area contributed by atoms with E-state index in [4.69, 9.17) is 11.2 Å². The van der Waals surface area contributed by atoms with Gasteiger partial charge in [0.1, 0.15) is 12.4 Å². The second-order valence-electron chi connectivity index (χ2n) is 3.32. The molecule has 1 N–H and O–H groups in total. The number of halogens is 3. The van der Waals surface area contributed by atoms with Crippen LogP contribution in [-0.4, -0.2) is 19.3 Å². The van der Waals surface area contributed by atoms with Crippen molar-refractivity contribution in [3.63, 3.8) is 0 Å². The predicted molar refractivity (Wildman–Crippen MR) is 58.5 cm³/mol. The molecule has 0 heterocycles. The third-order valence-corrected chi connectivity index (χ3v) is 1.92. The van der Waals surface area contributed by atoms with Crippen LogP contribution in [0.2, 0.25) is 0 Å². The molecular formula is C12H12F3NO. The van der Waals surface area contributed by atoms with Crippen LogP contribution in [0.4, 0.5) is 13.2 Å². The average molecular weight is 243 g/mol. The van der Waals surface area contributed by atoms with Crippen molar-refractivity contribution >= 4 is 0 Å². The number of ether oxygens (including phenoxy) is 1. The Labute approximate surface area is 97.8 Å². The Kier molecular flexibility index (Phi) is 4.85. The van der Waals surface area contributed by atoms with Crippen LogP contribution in [0.25, 0.3) is 0 Å². The molecule has 0 aliphatic rings. The van der Waals surface area contributed by atoms with E-state index in [9.17, 15) is 13.2 Å². The number of terminal acetylenes is 1. The van der Waals surface area contributed by atoms with E-state index >= 15 is 0 Å². The largest absolute Gasteiger partial charge is 0.481 e. The Hall–Kier alpha value is -1.67. The molecule has 0 saturated carbocycles. The van der Waals surface area contributed by atoms with Crippen molar-refractivity contribution in [1.29, 1.82) is 0 Å². The van der Waals surface area contributed by atoms with Crippen molar-refractivity contribution in [3.8, 4) is 18.1 Å². The van der Waals surface area contributed by atoms with Gasteiger partial charge in [0.2, 0.25) is 0 Å². The summed E-state index contributed by atoms with van der Waals surface area (Å²) < 4.78 is 41.0. The minimum absolute atomic E-state index is 0.0836. The first-order chi connectivity index (χ1) is 8.03. The van der Waals surface area contributed by atoms with Gasteiger partial charge in [-0.3, -0.25) is 0 Å². The van der Waals surface area contributed by atoms with Crippen LogP contribution in [0.3, 0.4) is 0 Å². The standard InChI is InChI=1S/C12H12F3NO/c1-2-7-17-11-6-4-3-5-10(11)8-16-9-12(13,14)15/h1,3-6,16H,7-9H2. The van der Waals surface area contributed by atoms with E-state index < -0.39 is 12.7 Å². The quantitative estimate of drug-likeness (QED) is 0.801. The van der Waals surface area contributed by atoms with E-state index in [0.29, 0.717) is 11.3 Å². The highest BCUT2D eigenvalue weighted by Gasteiger charge is 2.26. The van der Waals surface area contributed by atoms with Gasteiger partial charge in [0.15, 0.2) is 0 Å². The fourth-order valence-corrected chi connectivity index (χ4v) is 1.25. The van der Waals surface area contributed by atoms with E-state index in [0.717, 1.165) is 0 Å². The molecule has 5 heteroatoms. The summed E-state index contributed by atoms with van der Waals surface area (Å²) in [5, 5.41) is 2.30. The Balaban J connectivity index is 2.55. The molecule has 92 valence electrons. The van der Waals surface area contributed by atoms with Crippen LogP contribution < -0.4 is 10.1 Å². The smallest absolute Gasteiger partial charge is 0.401 e. The molecule has 1 rings (SSSR count). The van der Waals surface area contributed by atoms with Gasteiger partial charge in [-0.25, -0.2) is 0 Å². The molecule has 0 fully saturated rings. The minimum atomic E-state index is -4.21. The van der Waals surface area contributed by atoms with E-state index in [1.165, 1.54) is 0 Å². The van der Waals surface area contributed by atoms with Crippen molar-refractivity contribution in [1.82, 2.24) is 5.32 Å². The van der Waals surface area contributed by atoms with Gasteiger partial charge in [0.05, 0.1) is 6.54 Å². The molecule has 0 bridgehead atoms. The average Bonchev–Trinajstić information content (AvgIpc) is 2.26. The van der Waals surface area contributed by atoms with Crippen LogP contribution in [0.1, 0.15) is 5.56 Å². The second kappa shape index (κ2) is 6.16. The molecule has 0 radical (unpaired) electrons. The fraction of sp³-hybridized carbons (Fsp3) is 0.333. The number of nitrogens with one attached hydrogen (secondary N) is 1. The third-order valence-electron chi connectivity index (χ3n) is 1.92. The van der Waals surface area contributed by atoms with E-state index in [-0.39, 0.29) is 13.2 Å². The number of para-hydroxylation sites is 1. The maximum absolute atomic E-state index is 11.9. The lowest BCUT2D eigenvalue weighted by atomic mass is 10.2. The third kappa shape index (κ3) is 5.27. The second-order valence-corrected chi connectivity index (χ2v) is 3.32. The molecule has 17 heavy (non-hydrogen) atoms. The van der Waals surface area contributed by atoms with Gasteiger partial charge < -0.3 is 10.1 Å². The Morgan fingerprint density at radius 3 is 2.65 bits per heavy atom.